The van der Waals surface area contributed by atoms with Gasteiger partial charge < -0.3 is 9.47 Å². The van der Waals surface area contributed by atoms with E-state index in [0.29, 0.717) is 19.1 Å². The molecule has 1 aromatic heterocycles. The van der Waals surface area contributed by atoms with E-state index >= 15 is 0 Å². The first-order chi connectivity index (χ1) is 8.38. The zero-order valence-electron chi connectivity index (χ0n) is 9.80. The molecule has 1 aromatic carbocycles. The van der Waals surface area contributed by atoms with Crippen LogP contribution in [0.5, 0.6) is 11.6 Å². The van der Waals surface area contributed by atoms with E-state index in [9.17, 15) is 0 Å². The molecule has 1 heterocycles. The Morgan fingerprint density at radius 2 is 1.88 bits per heavy atom. The van der Waals surface area contributed by atoms with Crippen LogP contribution in [-0.4, -0.2) is 11.6 Å². The van der Waals surface area contributed by atoms with Crippen molar-refractivity contribution in [3.05, 3.63) is 54.2 Å². The normalized spacial score (nSPS) is 9.94. The fourth-order valence-electron chi connectivity index (χ4n) is 1.46. The zero-order chi connectivity index (χ0) is 11.9. The SMILES string of the molecule is CCOc1ccnc(OCc2ccccc2)c1. The molecule has 0 spiro atoms. The summed E-state index contributed by atoms with van der Waals surface area (Å²) in [5, 5.41) is 0. The first kappa shape index (κ1) is 11.5. The van der Waals surface area contributed by atoms with Gasteiger partial charge in [-0.1, -0.05) is 30.3 Å². The van der Waals surface area contributed by atoms with Crippen LogP contribution in [-0.2, 0) is 6.61 Å². The van der Waals surface area contributed by atoms with E-state index in [4.69, 9.17) is 9.47 Å². The summed E-state index contributed by atoms with van der Waals surface area (Å²) in [6, 6.07) is 13.6. The number of hydrogen-bond donors (Lipinski definition) is 0. The monoisotopic (exact) mass is 229 g/mol. The molecule has 0 saturated carbocycles. The van der Waals surface area contributed by atoms with Crippen molar-refractivity contribution >= 4 is 0 Å². The summed E-state index contributed by atoms with van der Waals surface area (Å²) in [6.45, 7) is 3.11. The van der Waals surface area contributed by atoms with Gasteiger partial charge in [0.15, 0.2) is 0 Å². The summed E-state index contributed by atoms with van der Waals surface area (Å²) in [5.74, 6) is 1.37. The average molecular weight is 229 g/mol. The van der Waals surface area contributed by atoms with Gasteiger partial charge in [-0.3, -0.25) is 0 Å². The second kappa shape index (κ2) is 5.89. The highest BCUT2D eigenvalue weighted by Crippen LogP contribution is 2.17. The molecule has 0 aliphatic rings. The van der Waals surface area contributed by atoms with Crippen LogP contribution in [0.1, 0.15) is 12.5 Å². The van der Waals surface area contributed by atoms with E-state index in [-0.39, 0.29) is 0 Å². The highest BCUT2D eigenvalue weighted by molar-refractivity contribution is 5.26. The molecule has 0 unspecified atom stereocenters. The van der Waals surface area contributed by atoms with Gasteiger partial charge in [0.25, 0.3) is 0 Å². The Morgan fingerprint density at radius 1 is 1.06 bits per heavy atom. The standard InChI is InChI=1S/C14H15NO2/c1-2-16-13-8-9-15-14(10-13)17-11-12-6-4-3-5-7-12/h3-10H,2,11H2,1H3. The Hall–Kier alpha value is -2.03. The van der Waals surface area contributed by atoms with E-state index in [1.54, 1.807) is 12.3 Å². The van der Waals surface area contributed by atoms with Crippen molar-refractivity contribution in [2.75, 3.05) is 6.61 Å². The lowest BCUT2D eigenvalue weighted by Gasteiger charge is -2.07. The number of ether oxygens (including phenoxy) is 2. The third-order valence-electron chi connectivity index (χ3n) is 2.25. The van der Waals surface area contributed by atoms with Gasteiger partial charge in [0, 0.05) is 12.3 Å². The van der Waals surface area contributed by atoms with Crippen molar-refractivity contribution in [3.8, 4) is 11.6 Å². The molecule has 0 amide bonds. The molecule has 2 rings (SSSR count). The maximum absolute atomic E-state index is 5.59. The number of pyridine rings is 1. The molecule has 0 bridgehead atoms. The molecule has 3 nitrogen and oxygen atoms in total. The van der Waals surface area contributed by atoms with Gasteiger partial charge in [0.1, 0.15) is 12.4 Å². The Balaban J connectivity index is 1.97. The molecule has 0 saturated heterocycles. The lowest BCUT2D eigenvalue weighted by molar-refractivity contribution is 0.288. The maximum Gasteiger partial charge on any atom is 0.217 e. The number of nitrogens with zero attached hydrogens (tertiary/aromatic N) is 1. The molecule has 2 aromatic rings. The summed E-state index contributed by atoms with van der Waals surface area (Å²) in [5.41, 5.74) is 1.12. The van der Waals surface area contributed by atoms with E-state index in [2.05, 4.69) is 4.98 Å². The van der Waals surface area contributed by atoms with Crippen molar-refractivity contribution in [1.29, 1.82) is 0 Å². The predicted octanol–water partition coefficient (Wildman–Crippen LogP) is 3.06. The largest absolute Gasteiger partial charge is 0.494 e. The molecule has 0 atom stereocenters. The number of rotatable bonds is 5. The van der Waals surface area contributed by atoms with Crippen molar-refractivity contribution in [3.63, 3.8) is 0 Å². The van der Waals surface area contributed by atoms with E-state index in [0.717, 1.165) is 11.3 Å². The molecular formula is C14H15NO2. The molecule has 0 fully saturated rings. The van der Waals surface area contributed by atoms with Gasteiger partial charge in [-0.15, -0.1) is 0 Å². The van der Waals surface area contributed by atoms with Crippen LogP contribution in [0.3, 0.4) is 0 Å². The van der Waals surface area contributed by atoms with Crippen molar-refractivity contribution in [2.24, 2.45) is 0 Å². The topological polar surface area (TPSA) is 31.4 Å². The highest BCUT2D eigenvalue weighted by atomic mass is 16.5. The van der Waals surface area contributed by atoms with Crippen LogP contribution < -0.4 is 9.47 Å². The number of hydrogen-bond acceptors (Lipinski definition) is 3. The summed E-state index contributed by atoms with van der Waals surface area (Å²) >= 11 is 0. The molecule has 88 valence electrons. The summed E-state index contributed by atoms with van der Waals surface area (Å²) < 4.78 is 11.0. The molecule has 0 aliphatic heterocycles. The summed E-state index contributed by atoms with van der Waals surface area (Å²) in [6.07, 6.45) is 1.69. The molecule has 3 heteroatoms. The number of aromatic nitrogens is 1. The molecule has 0 N–H and O–H groups in total. The van der Waals surface area contributed by atoms with Crippen LogP contribution in [0.4, 0.5) is 0 Å². The predicted molar refractivity (Wildman–Crippen MR) is 66.2 cm³/mol. The van der Waals surface area contributed by atoms with Gasteiger partial charge in [-0.2, -0.15) is 0 Å². The minimum Gasteiger partial charge on any atom is -0.494 e. The van der Waals surface area contributed by atoms with Gasteiger partial charge in [-0.25, -0.2) is 4.98 Å². The quantitative estimate of drug-likeness (QED) is 0.789. The second-order valence-electron chi connectivity index (χ2n) is 3.54. The van der Waals surface area contributed by atoms with Crippen molar-refractivity contribution < 1.29 is 9.47 Å². The highest BCUT2D eigenvalue weighted by Gasteiger charge is 1.99. The lowest BCUT2D eigenvalue weighted by atomic mass is 10.2. The molecule has 0 radical (unpaired) electrons. The zero-order valence-corrected chi connectivity index (χ0v) is 9.80. The van der Waals surface area contributed by atoms with E-state index < -0.39 is 0 Å². The van der Waals surface area contributed by atoms with Crippen LogP contribution in [0.15, 0.2) is 48.7 Å². The van der Waals surface area contributed by atoms with Crippen LogP contribution in [0, 0.1) is 0 Å². The van der Waals surface area contributed by atoms with Crippen molar-refractivity contribution in [1.82, 2.24) is 4.98 Å². The van der Waals surface area contributed by atoms with Crippen LogP contribution >= 0.6 is 0 Å². The van der Waals surface area contributed by atoms with Gasteiger partial charge in [0.05, 0.1) is 6.61 Å². The Labute approximate surface area is 101 Å². The molecule has 17 heavy (non-hydrogen) atoms. The Bertz CT molecular complexity index is 457. The van der Waals surface area contributed by atoms with Crippen LogP contribution in [0.2, 0.25) is 0 Å². The summed E-state index contributed by atoms with van der Waals surface area (Å²) in [7, 11) is 0. The minimum absolute atomic E-state index is 0.517. The Morgan fingerprint density at radius 3 is 2.65 bits per heavy atom. The van der Waals surface area contributed by atoms with Gasteiger partial charge in [0.2, 0.25) is 5.88 Å². The van der Waals surface area contributed by atoms with E-state index in [1.165, 1.54) is 0 Å². The third-order valence-corrected chi connectivity index (χ3v) is 2.25. The number of benzene rings is 1. The minimum atomic E-state index is 0.517. The smallest absolute Gasteiger partial charge is 0.217 e. The lowest BCUT2D eigenvalue weighted by Crippen LogP contribution is -1.98. The first-order valence-electron chi connectivity index (χ1n) is 5.64. The average Bonchev–Trinajstić information content (AvgIpc) is 2.39. The fourth-order valence-corrected chi connectivity index (χ4v) is 1.46. The summed E-state index contributed by atoms with van der Waals surface area (Å²) in [4.78, 5) is 4.13. The van der Waals surface area contributed by atoms with E-state index in [1.807, 2.05) is 43.3 Å². The first-order valence-corrected chi connectivity index (χ1v) is 5.64. The maximum atomic E-state index is 5.59. The molecule has 0 aliphatic carbocycles. The Kier molecular flexibility index (Phi) is 3.97. The fraction of sp³-hybridized carbons (Fsp3) is 0.214. The second-order valence-corrected chi connectivity index (χ2v) is 3.54. The molecular weight excluding hydrogens is 214 g/mol. The van der Waals surface area contributed by atoms with Gasteiger partial charge in [-0.05, 0) is 18.6 Å². The third kappa shape index (κ3) is 3.48. The van der Waals surface area contributed by atoms with Gasteiger partial charge >= 0.3 is 0 Å². The van der Waals surface area contributed by atoms with Crippen molar-refractivity contribution in [2.45, 2.75) is 13.5 Å². The van der Waals surface area contributed by atoms with Crippen LogP contribution in [0.25, 0.3) is 0 Å².